The van der Waals surface area contributed by atoms with Gasteiger partial charge in [-0.05, 0) is 37.3 Å². The first-order valence-electron chi connectivity index (χ1n) is 7.72. The van der Waals surface area contributed by atoms with Crippen LogP contribution < -0.4 is 0 Å². The molecule has 3 rings (SSSR count). The van der Waals surface area contributed by atoms with E-state index in [1.807, 2.05) is 29.7 Å². The fraction of sp³-hybridized carbons (Fsp3) is 0.235. The van der Waals surface area contributed by atoms with Crippen molar-refractivity contribution in [2.24, 2.45) is 0 Å². The predicted molar refractivity (Wildman–Crippen MR) is 102 cm³/mol. The van der Waals surface area contributed by atoms with Crippen molar-refractivity contribution in [2.45, 2.75) is 12.1 Å². The molecule has 0 atom stereocenters. The van der Waals surface area contributed by atoms with Gasteiger partial charge >= 0.3 is 0 Å². The molecule has 0 fully saturated rings. The van der Waals surface area contributed by atoms with E-state index in [9.17, 15) is 0 Å². The standard InChI is InChI=1S/C17H16Cl2N4OS/c1-2-24-8-9-25-17-22-21-16(12-4-3-7-20-11-12)23(17)13-5-6-14(18)15(19)10-13/h3-7,10-11H,2,8-9H2,1H3. The average molecular weight is 395 g/mol. The highest BCUT2D eigenvalue weighted by Crippen LogP contribution is 2.31. The van der Waals surface area contributed by atoms with Gasteiger partial charge in [-0.1, -0.05) is 35.0 Å². The Labute approximate surface area is 160 Å². The number of ether oxygens (including phenoxy) is 1. The van der Waals surface area contributed by atoms with Gasteiger partial charge in [0.15, 0.2) is 11.0 Å². The van der Waals surface area contributed by atoms with Crippen molar-refractivity contribution in [3.05, 3.63) is 52.8 Å². The van der Waals surface area contributed by atoms with Crippen LogP contribution in [0.2, 0.25) is 10.0 Å². The smallest absolute Gasteiger partial charge is 0.196 e. The lowest BCUT2D eigenvalue weighted by Crippen LogP contribution is -2.02. The first kappa shape index (κ1) is 18.2. The first-order valence-corrected chi connectivity index (χ1v) is 9.46. The maximum atomic E-state index is 6.20. The number of thioether (sulfide) groups is 1. The maximum Gasteiger partial charge on any atom is 0.196 e. The molecule has 130 valence electrons. The molecule has 0 aliphatic carbocycles. The van der Waals surface area contributed by atoms with E-state index < -0.39 is 0 Å². The zero-order chi connectivity index (χ0) is 17.6. The van der Waals surface area contributed by atoms with Crippen LogP contribution in [0, 0.1) is 0 Å². The summed E-state index contributed by atoms with van der Waals surface area (Å²) in [5.74, 6) is 1.48. The molecule has 2 aromatic heterocycles. The van der Waals surface area contributed by atoms with Crippen molar-refractivity contribution in [3.63, 3.8) is 0 Å². The summed E-state index contributed by atoms with van der Waals surface area (Å²) in [4.78, 5) is 4.17. The third kappa shape index (κ3) is 4.33. The lowest BCUT2D eigenvalue weighted by atomic mass is 10.2. The molecule has 0 aliphatic heterocycles. The molecule has 0 saturated carbocycles. The molecule has 8 heteroatoms. The van der Waals surface area contributed by atoms with E-state index in [1.54, 1.807) is 36.3 Å². The molecular formula is C17H16Cl2N4OS. The lowest BCUT2D eigenvalue weighted by molar-refractivity contribution is 0.164. The highest BCUT2D eigenvalue weighted by Gasteiger charge is 2.17. The maximum absolute atomic E-state index is 6.20. The fourth-order valence-corrected chi connectivity index (χ4v) is 3.33. The molecule has 3 aromatic rings. The highest BCUT2D eigenvalue weighted by atomic mass is 35.5. The van der Waals surface area contributed by atoms with Gasteiger partial charge in [-0.2, -0.15) is 0 Å². The monoisotopic (exact) mass is 394 g/mol. The molecule has 0 N–H and O–H groups in total. The van der Waals surface area contributed by atoms with Crippen molar-refractivity contribution in [2.75, 3.05) is 19.0 Å². The van der Waals surface area contributed by atoms with Crippen molar-refractivity contribution in [1.29, 1.82) is 0 Å². The van der Waals surface area contributed by atoms with E-state index in [0.29, 0.717) is 29.1 Å². The van der Waals surface area contributed by atoms with Gasteiger partial charge in [0.1, 0.15) is 0 Å². The summed E-state index contributed by atoms with van der Waals surface area (Å²) in [6.07, 6.45) is 3.48. The molecular weight excluding hydrogens is 379 g/mol. The minimum Gasteiger partial charge on any atom is -0.381 e. The Hall–Kier alpha value is -1.60. The second-order valence-corrected chi connectivity index (χ2v) is 6.90. The molecule has 1 aromatic carbocycles. The van der Waals surface area contributed by atoms with Gasteiger partial charge in [-0.25, -0.2) is 0 Å². The second kappa shape index (κ2) is 8.67. The number of halogens is 2. The molecule has 0 saturated heterocycles. The first-order chi connectivity index (χ1) is 12.2. The minimum absolute atomic E-state index is 0.482. The van der Waals surface area contributed by atoms with E-state index in [2.05, 4.69) is 15.2 Å². The van der Waals surface area contributed by atoms with Crippen LogP contribution in [0.25, 0.3) is 17.1 Å². The van der Waals surface area contributed by atoms with Crippen LogP contribution in [0.1, 0.15) is 6.92 Å². The lowest BCUT2D eigenvalue weighted by Gasteiger charge is -2.11. The topological polar surface area (TPSA) is 52.8 Å². The Kier molecular flexibility index (Phi) is 6.31. The van der Waals surface area contributed by atoms with Crippen molar-refractivity contribution >= 4 is 35.0 Å². The van der Waals surface area contributed by atoms with Crippen LogP contribution in [0.15, 0.2) is 47.9 Å². The molecule has 0 bridgehead atoms. The minimum atomic E-state index is 0.482. The Morgan fingerprint density at radius 2 is 2.04 bits per heavy atom. The molecule has 0 radical (unpaired) electrons. The molecule has 5 nitrogen and oxygen atoms in total. The number of pyridine rings is 1. The zero-order valence-electron chi connectivity index (χ0n) is 13.5. The number of hydrogen-bond donors (Lipinski definition) is 0. The summed E-state index contributed by atoms with van der Waals surface area (Å²) >= 11 is 13.8. The van der Waals surface area contributed by atoms with Crippen LogP contribution >= 0.6 is 35.0 Å². The van der Waals surface area contributed by atoms with Gasteiger partial charge in [0, 0.05) is 30.3 Å². The Morgan fingerprint density at radius 1 is 1.16 bits per heavy atom. The summed E-state index contributed by atoms with van der Waals surface area (Å²) in [5, 5.41) is 10.4. The number of hydrogen-bond acceptors (Lipinski definition) is 5. The van der Waals surface area contributed by atoms with E-state index >= 15 is 0 Å². The van der Waals surface area contributed by atoms with Crippen LogP contribution in [-0.2, 0) is 4.74 Å². The number of benzene rings is 1. The van der Waals surface area contributed by atoms with Gasteiger partial charge < -0.3 is 4.74 Å². The van der Waals surface area contributed by atoms with E-state index in [4.69, 9.17) is 27.9 Å². The summed E-state index contributed by atoms with van der Waals surface area (Å²) < 4.78 is 7.35. The SMILES string of the molecule is CCOCCSc1nnc(-c2cccnc2)n1-c1ccc(Cl)c(Cl)c1. The van der Waals surface area contributed by atoms with E-state index in [-0.39, 0.29) is 0 Å². The molecule has 0 unspecified atom stereocenters. The Balaban J connectivity index is 2.01. The molecule has 0 amide bonds. The molecule has 0 aliphatic rings. The van der Waals surface area contributed by atoms with Gasteiger partial charge in [0.25, 0.3) is 0 Å². The third-order valence-electron chi connectivity index (χ3n) is 3.38. The second-order valence-electron chi connectivity index (χ2n) is 5.03. The number of aromatic nitrogens is 4. The zero-order valence-corrected chi connectivity index (χ0v) is 15.9. The van der Waals surface area contributed by atoms with Crippen molar-refractivity contribution in [1.82, 2.24) is 19.7 Å². The van der Waals surface area contributed by atoms with Gasteiger partial charge in [-0.15, -0.1) is 10.2 Å². The Morgan fingerprint density at radius 3 is 2.76 bits per heavy atom. The molecule has 25 heavy (non-hydrogen) atoms. The highest BCUT2D eigenvalue weighted by molar-refractivity contribution is 7.99. The van der Waals surface area contributed by atoms with Gasteiger partial charge in [0.2, 0.25) is 0 Å². The van der Waals surface area contributed by atoms with Gasteiger partial charge in [0.05, 0.1) is 22.3 Å². The summed E-state index contributed by atoms with van der Waals surface area (Å²) in [7, 11) is 0. The average Bonchev–Trinajstić information content (AvgIpc) is 3.06. The summed E-state index contributed by atoms with van der Waals surface area (Å²) in [5.41, 5.74) is 1.72. The van der Waals surface area contributed by atoms with Crippen LogP contribution in [-0.4, -0.2) is 38.7 Å². The quantitative estimate of drug-likeness (QED) is 0.426. The molecule has 2 heterocycles. The number of rotatable bonds is 7. The summed E-state index contributed by atoms with van der Waals surface area (Å²) in [6.45, 7) is 3.32. The number of nitrogens with zero attached hydrogens (tertiary/aromatic N) is 4. The van der Waals surface area contributed by atoms with Crippen molar-refractivity contribution in [3.8, 4) is 17.1 Å². The largest absolute Gasteiger partial charge is 0.381 e. The van der Waals surface area contributed by atoms with Crippen molar-refractivity contribution < 1.29 is 4.74 Å². The van der Waals surface area contributed by atoms with E-state index in [1.165, 1.54) is 0 Å². The van der Waals surface area contributed by atoms with Gasteiger partial charge in [-0.3, -0.25) is 9.55 Å². The van der Waals surface area contributed by atoms with Crippen LogP contribution in [0.5, 0.6) is 0 Å². The normalized spacial score (nSPS) is 11.0. The summed E-state index contributed by atoms with van der Waals surface area (Å²) in [6, 6.07) is 9.27. The van der Waals surface area contributed by atoms with E-state index in [0.717, 1.165) is 22.2 Å². The fourth-order valence-electron chi connectivity index (χ4n) is 2.24. The van der Waals surface area contributed by atoms with Crippen LogP contribution in [0.3, 0.4) is 0 Å². The molecule has 0 spiro atoms. The predicted octanol–water partition coefficient (Wildman–Crippen LogP) is 4.76. The Bertz CT molecular complexity index is 842. The van der Waals surface area contributed by atoms with Crippen LogP contribution in [0.4, 0.5) is 0 Å². The third-order valence-corrected chi connectivity index (χ3v) is 5.01.